The molecule has 2 heteroatoms. The summed E-state index contributed by atoms with van der Waals surface area (Å²) in [6.07, 6.45) is 4.70. The molecule has 1 aromatic carbocycles. The van der Waals surface area contributed by atoms with Gasteiger partial charge in [-0.1, -0.05) is 51.1 Å². The standard InChI is InChI=1S/C21H32O2/c1-5-20(22)14-19-13-18(16(2)3)11-12-21(19,4)23-15-17-9-7-6-8-10-17/h6-10,16,18-19H,5,11-15H2,1-4H3/t18-,19+,21+/m0/s1. The summed E-state index contributed by atoms with van der Waals surface area (Å²) >= 11 is 0. The first kappa shape index (κ1) is 18.2. The van der Waals surface area contributed by atoms with Crippen molar-refractivity contribution >= 4 is 5.78 Å². The minimum atomic E-state index is -0.175. The molecule has 0 saturated heterocycles. The van der Waals surface area contributed by atoms with Gasteiger partial charge in [-0.2, -0.15) is 0 Å². The third-order valence-corrected chi connectivity index (χ3v) is 5.68. The van der Waals surface area contributed by atoms with Crippen molar-refractivity contribution in [1.82, 2.24) is 0 Å². The lowest BCUT2D eigenvalue weighted by Crippen LogP contribution is -2.44. The first-order chi connectivity index (χ1) is 10.9. The highest BCUT2D eigenvalue weighted by Gasteiger charge is 2.42. The van der Waals surface area contributed by atoms with E-state index in [9.17, 15) is 4.79 Å². The number of hydrogen-bond donors (Lipinski definition) is 0. The summed E-state index contributed by atoms with van der Waals surface area (Å²) in [6, 6.07) is 10.3. The molecule has 0 aliphatic heterocycles. The zero-order chi connectivity index (χ0) is 16.9. The van der Waals surface area contributed by atoms with Crippen LogP contribution in [0.5, 0.6) is 0 Å². The van der Waals surface area contributed by atoms with E-state index < -0.39 is 0 Å². The average Bonchev–Trinajstić information content (AvgIpc) is 2.55. The molecule has 0 bridgehead atoms. The Hall–Kier alpha value is -1.15. The summed E-state index contributed by atoms with van der Waals surface area (Å²) in [4.78, 5) is 12.1. The smallest absolute Gasteiger partial charge is 0.133 e. The largest absolute Gasteiger partial charge is 0.370 e. The zero-order valence-corrected chi connectivity index (χ0v) is 15.2. The van der Waals surface area contributed by atoms with Gasteiger partial charge in [-0.05, 0) is 49.5 Å². The molecule has 128 valence electrons. The van der Waals surface area contributed by atoms with E-state index >= 15 is 0 Å². The van der Waals surface area contributed by atoms with E-state index in [1.807, 2.05) is 13.0 Å². The van der Waals surface area contributed by atoms with Crippen LogP contribution in [0.2, 0.25) is 0 Å². The molecular formula is C21H32O2. The van der Waals surface area contributed by atoms with Crippen molar-refractivity contribution in [1.29, 1.82) is 0 Å². The fourth-order valence-electron chi connectivity index (χ4n) is 3.75. The Morgan fingerprint density at radius 3 is 2.61 bits per heavy atom. The van der Waals surface area contributed by atoms with Crippen molar-refractivity contribution in [3.05, 3.63) is 35.9 Å². The third-order valence-electron chi connectivity index (χ3n) is 5.68. The van der Waals surface area contributed by atoms with E-state index in [2.05, 4.69) is 45.0 Å². The summed E-state index contributed by atoms with van der Waals surface area (Å²) in [5.74, 6) is 2.12. The van der Waals surface area contributed by atoms with Crippen molar-refractivity contribution in [2.45, 2.75) is 72.0 Å². The predicted octanol–water partition coefficient (Wildman–Crippen LogP) is 5.40. The van der Waals surface area contributed by atoms with Gasteiger partial charge in [0.2, 0.25) is 0 Å². The summed E-state index contributed by atoms with van der Waals surface area (Å²) in [6.45, 7) is 9.43. The second kappa shape index (κ2) is 8.10. The summed E-state index contributed by atoms with van der Waals surface area (Å²) in [7, 11) is 0. The van der Waals surface area contributed by atoms with Gasteiger partial charge in [0.05, 0.1) is 12.2 Å². The molecular weight excluding hydrogens is 284 g/mol. The van der Waals surface area contributed by atoms with E-state index in [4.69, 9.17) is 4.74 Å². The molecule has 1 aliphatic carbocycles. The molecule has 0 N–H and O–H groups in total. The van der Waals surface area contributed by atoms with Crippen LogP contribution in [0.15, 0.2) is 30.3 Å². The molecule has 3 atom stereocenters. The first-order valence-electron chi connectivity index (χ1n) is 9.14. The normalized spacial score (nSPS) is 28.0. The molecule has 0 spiro atoms. The topological polar surface area (TPSA) is 26.3 Å². The van der Waals surface area contributed by atoms with Crippen LogP contribution in [0.4, 0.5) is 0 Å². The van der Waals surface area contributed by atoms with Gasteiger partial charge in [0, 0.05) is 12.8 Å². The Morgan fingerprint density at radius 2 is 2.00 bits per heavy atom. The summed E-state index contributed by atoms with van der Waals surface area (Å²) in [5, 5.41) is 0. The lowest BCUT2D eigenvalue weighted by Gasteiger charge is -2.45. The van der Waals surface area contributed by atoms with Crippen LogP contribution in [-0.4, -0.2) is 11.4 Å². The molecule has 2 rings (SSSR count). The van der Waals surface area contributed by atoms with E-state index in [1.165, 1.54) is 12.0 Å². The number of benzene rings is 1. The van der Waals surface area contributed by atoms with Gasteiger partial charge in [-0.25, -0.2) is 0 Å². The Kier molecular flexibility index (Phi) is 6.41. The highest BCUT2D eigenvalue weighted by molar-refractivity contribution is 5.78. The minimum absolute atomic E-state index is 0.175. The molecule has 0 heterocycles. The van der Waals surface area contributed by atoms with Crippen LogP contribution in [0, 0.1) is 17.8 Å². The maximum Gasteiger partial charge on any atom is 0.133 e. The fourth-order valence-corrected chi connectivity index (χ4v) is 3.75. The van der Waals surface area contributed by atoms with E-state index in [0.717, 1.165) is 18.8 Å². The lowest BCUT2D eigenvalue weighted by molar-refractivity contribution is -0.136. The first-order valence-corrected chi connectivity index (χ1v) is 9.14. The van der Waals surface area contributed by atoms with Crippen molar-refractivity contribution in [3.63, 3.8) is 0 Å². The van der Waals surface area contributed by atoms with Gasteiger partial charge in [0.15, 0.2) is 0 Å². The Balaban J connectivity index is 2.07. The Bertz CT molecular complexity index is 494. The molecule has 0 radical (unpaired) electrons. The quantitative estimate of drug-likeness (QED) is 0.673. The second-order valence-electron chi connectivity index (χ2n) is 7.66. The van der Waals surface area contributed by atoms with E-state index in [1.54, 1.807) is 0 Å². The number of hydrogen-bond acceptors (Lipinski definition) is 2. The molecule has 2 nitrogen and oxygen atoms in total. The van der Waals surface area contributed by atoms with Crippen LogP contribution < -0.4 is 0 Å². The van der Waals surface area contributed by atoms with Crippen LogP contribution in [-0.2, 0) is 16.1 Å². The van der Waals surface area contributed by atoms with E-state index in [0.29, 0.717) is 37.1 Å². The number of ether oxygens (including phenoxy) is 1. The van der Waals surface area contributed by atoms with Crippen molar-refractivity contribution in [2.24, 2.45) is 17.8 Å². The molecule has 1 saturated carbocycles. The Morgan fingerprint density at radius 1 is 1.30 bits per heavy atom. The Labute approximate surface area is 141 Å². The van der Waals surface area contributed by atoms with Crippen molar-refractivity contribution in [3.8, 4) is 0 Å². The summed E-state index contributed by atoms with van der Waals surface area (Å²) < 4.78 is 6.39. The van der Waals surface area contributed by atoms with Crippen molar-refractivity contribution < 1.29 is 9.53 Å². The minimum Gasteiger partial charge on any atom is -0.370 e. The van der Waals surface area contributed by atoms with Gasteiger partial charge in [-0.3, -0.25) is 4.79 Å². The molecule has 1 aromatic rings. The molecule has 1 aliphatic rings. The van der Waals surface area contributed by atoms with Crippen LogP contribution >= 0.6 is 0 Å². The van der Waals surface area contributed by atoms with E-state index in [-0.39, 0.29) is 5.60 Å². The molecule has 23 heavy (non-hydrogen) atoms. The monoisotopic (exact) mass is 316 g/mol. The third kappa shape index (κ3) is 4.91. The molecule has 0 amide bonds. The second-order valence-corrected chi connectivity index (χ2v) is 7.66. The van der Waals surface area contributed by atoms with Crippen molar-refractivity contribution in [2.75, 3.05) is 0 Å². The maximum atomic E-state index is 12.1. The van der Waals surface area contributed by atoms with Gasteiger partial charge in [0.1, 0.15) is 5.78 Å². The molecule has 0 aromatic heterocycles. The number of ketones is 1. The van der Waals surface area contributed by atoms with Gasteiger partial charge in [0.25, 0.3) is 0 Å². The van der Waals surface area contributed by atoms with Gasteiger partial charge < -0.3 is 4.74 Å². The van der Waals surface area contributed by atoms with Crippen LogP contribution in [0.1, 0.15) is 65.4 Å². The SMILES string of the molecule is CCC(=O)C[C@H]1C[C@@H](C(C)C)CC[C@@]1(C)OCc1ccccc1. The highest BCUT2D eigenvalue weighted by Crippen LogP contribution is 2.44. The molecule has 1 fully saturated rings. The van der Waals surface area contributed by atoms with Gasteiger partial charge in [-0.15, -0.1) is 0 Å². The lowest BCUT2D eigenvalue weighted by atomic mass is 9.67. The number of carbonyl (C=O) groups excluding carboxylic acids is 1. The zero-order valence-electron chi connectivity index (χ0n) is 15.2. The van der Waals surface area contributed by atoms with Gasteiger partial charge >= 0.3 is 0 Å². The maximum absolute atomic E-state index is 12.1. The molecule has 0 unspecified atom stereocenters. The highest BCUT2D eigenvalue weighted by atomic mass is 16.5. The van der Waals surface area contributed by atoms with Crippen LogP contribution in [0.25, 0.3) is 0 Å². The summed E-state index contributed by atoms with van der Waals surface area (Å²) in [5.41, 5.74) is 1.03. The average molecular weight is 316 g/mol. The number of rotatable bonds is 7. The number of Topliss-reactive ketones (excluding diaryl/α,β-unsaturated/α-hetero) is 1. The van der Waals surface area contributed by atoms with Crippen LogP contribution in [0.3, 0.4) is 0 Å². The number of carbonyl (C=O) groups is 1. The predicted molar refractivity (Wildman–Crippen MR) is 95.2 cm³/mol. The fraction of sp³-hybridized carbons (Fsp3) is 0.667.